The molecule has 0 saturated carbocycles. The molecule has 0 N–H and O–H groups in total. The Balaban J connectivity index is 1.22. The van der Waals surface area contributed by atoms with Gasteiger partial charge in [-0.2, -0.15) is 0 Å². The lowest BCUT2D eigenvalue weighted by molar-refractivity contribution is -0.152. The van der Waals surface area contributed by atoms with Crippen LogP contribution < -0.4 is 5.56 Å². The van der Waals surface area contributed by atoms with Crippen LogP contribution in [0, 0.1) is 6.92 Å². The number of para-hydroxylation sites is 1. The number of ether oxygens (including phenoxy) is 1. The molecule has 1 saturated heterocycles. The highest BCUT2D eigenvalue weighted by atomic mass is 16.5. The fraction of sp³-hybridized carbons (Fsp3) is 0.385. The van der Waals surface area contributed by atoms with E-state index in [2.05, 4.69) is 41.1 Å². The van der Waals surface area contributed by atoms with E-state index in [1.165, 1.54) is 15.7 Å². The van der Waals surface area contributed by atoms with Crippen LogP contribution in [0.3, 0.4) is 0 Å². The molecule has 0 spiro atoms. The molecule has 2 heterocycles. The number of amides is 1. The van der Waals surface area contributed by atoms with Crippen molar-refractivity contribution in [2.45, 2.75) is 26.3 Å². The number of hydrogen-bond donors (Lipinski definition) is 0. The molecule has 1 fully saturated rings. The Labute approximate surface area is 198 Å². The molecule has 3 aromatic rings. The van der Waals surface area contributed by atoms with Gasteiger partial charge in [-0.1, -0.05) is 42.0 Å². The summed E-state index contributed by atoms with van der Waals surface area (Å²) in [5.41, 5.74) is 2.97. The fourth-order valence-corrected chi connectivity index (χ4v) is 4.23. The second-order valence-corrected chi connectivity index (χ2v) is 8.72. The van der Waals surface area contributed by atoms with Gasteiger partial charge in [0.25, 0.3) is 11.5 Å². The number of aryl methyl sites for hydroxylation is 2. The van der Waals surface area contributed by atoms with Crippen LogP contribution in [-0.2, 0) is 34.3 Å². The first-order valence-corrected chi connectivity index (χ1v) is 11.6. The van der Waals surface area contributed by atoms with Crippen LogP contribution in [0.15, 0.2) is 53.3 Å². The van der Waals surface area contributed by atoms with Crippen LogP contribution in [0.1, 0.15) is 23.4 Å². The summed E-state index contributed by atoms with van der Waals surface area (Å²) < 4.78 is 6.67. The van der Waals surface area contributed by atoms with Crippen molar-refractivity contribution in [3.05, 3.63) is 75.8 Å². The van der Waals surface area contributed by atoms with E-state index in [-0.39, 0.29) is 30.9 Å². The average Bonchev–Trinajstić information content (AvgIpc) is 2.84. The van der Waals surface area contributed by atoms with Crippen LogP contribution in [0.4, 0.5) is 0 Å². The summed E-state index contributed by atoms with van der Waals surface area (Å²) in [6.45, 7) is 5.49. The van der Waals surface area contributed by atoms with Crippen molar-refractivity contribution in [1.29, 1.82) is 0 Å². The normalized spacial score (nSPS) is 14.4. The van der Waals surface area contributed by atoms with Crippen molar-refractivity contribution in [3.8, 4) is 0 Å². The third-order valence-corrected chi connectivity index (χ3v) is 6.20. The quantitative estimate of drug-likeness (QED) is 0.500. The molecule has 8 heteroatoms. The van der Waals surface area contributed by atoms with E-state index in [1.54, 1.807) is 30.1 Å². The Kier molecular flexibility index (Phi) is 7.37. The van der Waals surface area contributed by atoms with Gasteiger partial charge in [-0.15, -0.1) is 0 Å². The Morgan fingerprint density at radius 1 is 1.03 bits per heavy atom. The predicted octanol–water partition coefficient (Wildman–Crippen LogP) is 2.06. The fourth-order valence-electron chi connectivity index (χ4n) is 4.23. The zero-order valence-corrected chi connectivity index (χ0v) is 19.7. The summed E-state index contributed by atoms with van der Waals surface area (Å²) in [6.07, 6.45) is 0.317. The molecule has 0 atom stereocenters. The molecule has 4 rings (SSSR count). The van der Waals surface area contributed by atoms with Crippen LogP contribution in [0.2, 0.25) is 0 Å². The van der Waals surface area contributed by atoms with Gasteiger partial charge in [-0.3, -0.25) is 23.9 Å². The minimum absolute atomic E-state index is 0.0518. The molecular weight excluding hydrogens is 432 g/mol. The number of rotatable bonds is 7. The monoisotopic (exact) mass is 462 g/mol. The van der Waals surface area contributed by atoms with Gasteiger partial charge in [0.1, 0.15) is 5.82 Å². The smallest absolute Gasteiger partial charge is 0.306 e. The largest absolute Gasteiger partial charge is 0.456 e. The average molecular weight is 463 g/mol. The first-order valence-electron chi connectivity index (χ1n) is 11.6. The molecule has 0 unspecified atom stereocenters. The summed E-state index contributed by atoms with van der Waals surface area (Å²) in [5, 5.41) is 0.543. The van der Waals surface area contributed by atoms with Crippen LogP contribution in [0.5, 0.6) is 0 Å². The summed E-state index contributed by atoms with van der Waals surface area (Å²) >= 11 is 0. The first kappa shape index (κ1) is 23.6. The molecule has 1 aliphatic heterocycles. The maximum atomic E-state index is 12.5. The summed E-state index contributed by atoms with van der Waals surface area (Å²) in [5.74, 6) is -0.148. The van der Waals surface area contributed by atoms with Crippen molar-refractivity contribution in [2.24, 2.45) is 7.05 Å². The SMILES string of the molecule is Cc1cccc(CN2CCN(C(=O)COC(=O)CCc3nc4ccccc4c(=O)n3C)CC2)c1. The number of nitrogens with zero attached hydrogens (tertiary/aromatic N) is 4. The second kappa shape index (κ2) is 10.6. The summed E-state index contributed by atoms with van der Waals surface area (Å²) in [6, 6.07) is 15.6. The van der Waals surface area contributed by atoms with E-state index in [4.69, 9.17) is 4.74 Å². The Morgan fingerprint density at radius 3 is 2.56 bits per heavy atom. The Bertz CT molecular complexity index is 1250. The van der Waals surface area contributed by atoms with Crippen molar-refractivity contribution in [2.75, 3.05) is 32.8 Å². The van der Waals surface area contributed by atoms with Gasteiger partial charge in [-0.25, -0.2) is 4.98 Å². The minimum atomic E-state index is -0.478. The van der Waals surface area contributed by atoms with Crippen LogP contribution in [-0.4, -0.2) is 64.0 Å². The van der Waals surface area contributed by atoms with Gasteiger partial charge < -0.3 is 9.64 Å². The summed E-state index contributed by atoms with van der Waals surface area (Å²) in [7, 11) is 1.64. The molecule has 1 amide bonds. The highest BCUT2D eigenvalue weighted by molar-refractivity contribution is 5.81. The van der Waals surface area contributed by atoms with Gasteiger partial charge >= 0.3 is 5.97 Å². The van der Waals surface area contributed by atoms with E-state index in [0.29, 0.717) is 29.8 Å². The Morgan fingerprint density at radius 2 is 1.79 bits per heavy atom. The van der Waals surface area contributed by atoms with Gasteiger partial charge in [0.2, 0.25) is 0 Å². The molecule has 0 radical (unpaired) electrons. The predicted molar refractivity (Wildman–Crippen MR) is 129 cm³/mol. The summed E-state index contributed by atoms with van der Waals surface area (Å²) in [4.78, 5) is 45.8. The lowest BCUT2D eigenvalue weighted by Gasteiger charge is -2.34. The zero-order valence-electron chi connectivity index (χ0n) is 19.7. The molecule has 0 bridgehead atoms. The maximum absolute atomic E-state index is 12.5. The molecule has 34 heavy (non-hydrogen) atoms. The molecular formula is C26H30N4O4. The lowest BCUT2D eigenvalue weighted by atomic mass is 10.1. The second-order valence-electron chi connectivity index (χ2n) is 8.72. The highest BCUT2D eigenvalue weighted by Crippen LogP contribution is 2.11. The number of benzene rings is 2. The molecule has 1 aliphatic rings. The molecule has 2 aromatic carbocycles. The van der Waals surface area contributed by atoms with Crippen molar-refractivity contribution in [3.63, 3.8) is 0 Å². The van der Waals surface area contributed by atoms with E-state index in [9.17, 15) is 14.4 Å². The third-order valence-electron chi connectivity index (χ3n) is 6.20. The van der Waals surface area contributed by atoms with Crippen molar-refractivity contribution in [1.82, 2.24) is 19.4 Å². The number of hydrogen-bond acceptors (Lipinski definition) is 6. The van der Waals surface area contributed by atoms with Gasteiger partial charge in [0, 0.05) is 46.2 Å². The van der Waals surface area contributed by atoms with E-state index < -0.39 is 5.97 Å². The molecule has 0 aliphatic carbocycles. The van der Waals surface area contributed by atoms with Gasteiger partial charge in [0.05, 0.1) is 17.3 Å². The lowest BCUT2D eigenvalue weighted by Crippen LogP contribution is -2.49. The number of fused-ring (bicyclic) bond motifs is 1. The highest BCUT2D eigenvalue weighted by Gasteiger charge is 2.22. The zero-order chi connectivity index (χ0) is 24.1. The number of aromatic nitrogens is 2. The van der Waals surface area contributed by atoms with Crippen LogP contribution >= 0.6 is 0 Å². The van der Waals surface area contributed by atoms with Crippen molar-refractivity contribution >= 4 is 22.8 Å². The Hall–Kier alpha value is -3.52. The van der Waals surface area contributed by atoms with Crippen molar-refractivity contribution < 1.29 is 14.3 Å². The number of esters is 1. The molecule has 8 nitrogen and oxygen atoms in total. The van der Waals surface area contributed by atoms with E-state index >= 15 is 0 Å². The maximum Gasteiger partial charge on any atom is 0.306 e. The number of piperazine rings is 1. The first-order chi connectivity index (χ1) is 16.4. The third kappa shape index (κ3) is 5.69. The number of carbonyl (C=O) groups excluding carboxylic acids is 2. The van der Waals surface area contributed by atoms with Gasteiger partial charge in [-0.05, 0) is 24.6 Å². The van der Waals surface area contributed by atoms with E-state index in [1.807, 2.05) is 6.07 Å². The van der Waals surface area contributed by atoms with E-state index in [0.717, 1.165) is 19.6 Å². The number of carbonyl (C=O) groups is 2. The van der Waals surface area contributed by atoms with Gasteiger partial charge in [0.15, 0.2) is 6.61 Å². The molecule has 1 aromatic heterocycles. The topological polar surface area (TPSA) is 84.7 Å². The molecule has 178 valence electrons. The minimum Gasteiger partial charge on any atom is -0.456 e. The standard InChI is InChI=1S/C26H30N4O4/c1-19-6-5-7-20(16-19)17-29-12-14-30(15-13-29)24(31)18-34-25(32)11-10-23-27-22-9-4-3-8-21(22)26(33)28(23)2/h3-9,16H,10-15,17-18H2,1-2H3. The van der Waals surface area contributed by atoms with Crippen LogP contribution in [0.25, 0.3) is 10.9 Å².